The molecule has 2 N–H and O–H groups in total. The Morgan fingerprint density at radius 1 is 1.35 bits per heavy atom. The van der Waals surface area contributed by atoms with Gasteiger partial charge in [-0.2, -0.15) is 4.31 Å². The number of aromatic nitrogens is 1. The van der Waals surface area contributed by atoms with Gasteiger partial charge in [-0.05, 0) is 38.3 Å². The molecule has 0 saturated carbocycles. The van der Waals surface area contributed by atoms with Crippen molar-refractivity contribution in [1.82, 2.24) is 14.2 Å². The predicted molar refractivity (Wildman–Crippen MR) is 121 cm³/mol. The average molecular weight is 465 g/mol. The van der Waals surface area contributed by atoms with Gasteiger partial charge in [-0.1, -0.05) is 12.1 Å². The van der Waals surface area contributed by atoms with Crippen molar-refractivity contribution >= 4 is 33.0 Å². The minimum atomic E-state index is -3.38. The van der Waals surface area contributed by atoms with E-state index in [4.69, 9.17) is 0 Å². The molecule has 2 saturated heterocycles. The van der Waals surface area contributed by atoms with Crippen LogP contribution in [0.4, 0.5) is 5.69 Å². The van der Waals surface area contributed by atoms with Crippen LogP contribution in [0, 0.1) is 6.92 Å². The predicted octanol–water partition coefficient (Wildman–Crippen LogP) is 1.92. The number of nitrogens with zero attached hydrogens (tertiary/aromatic N) is 3. The van der Waals surface area contributed by atoms with Crippen molar-refractivity contribution in [2.24, 2.45) is 0 Å². The van der Waals surface area contributed by atoms with Gasteiger partial charge >= 0.3 is 0 Å². The van der Waals surface area contributed by atoms with Gasteiger partial charge in [0.1, 0.15) is 0 Å². The van der Waals surface area contributed by atoms with Crippen molar-refractivity contribution in [3.05, 3.63) is 34.7 Å². The maximum atomic E-state index is 12.6. The molecule has 2 fully saturated rings. The fourth-order valence-corrected chi connectivity index (χ4v) is 6.83. The third-order valence-corrected chi connectivity index (χ3v) is 8.33. The van der Waals surface area contributed by atoms with Crippen molar-refractivity contribution in [3.8, 4) is 11.3 Å². The Balaban J connectivity index is 1.37. The zero-order valence-electron chi connectivity index (χ0n) is 17.7. The standard InChI is InChI=1S/C21H28N4O4S2/c1-15-22-18(14-30-15)16-5-3-6-17(11-16)23-20(27)13-24-10-8-21(19(26)12-24)7-4-9-25(21)31(2,28)29/h3,5-6,11,14,19,26H,4,7-10,12-13H2,1-2H3,(H,23,27)/t19-,21-/m0/s1. The fraction of sp³-hybridized carbons (Fsp3) is 0.524. The molecular weight excluding hydrogens is 436 g/mol. The molecule has 2 aromatic rings. The first-order valence-electron chi connectivity index (χ1n) is 10.4. The van der Waals surface area contributed by atoms with Gasteiger partial charge in [0, 0.05) is 36.3 Å². The van der Waals surface area contributed by atoms with Crippen LogP contribution in [-0.2, 0) is 14.8 Å². The van der Waals surface area contributed by atoms with Crippen LogP contribution in [0.3, 0.4) is 0 Å². The molecule has 1 amide bonds. The van der Waals surface area contributed by atoms with Crippen LogP contribution < -0.4 is 5.32 Å². The van der Waals surface area contributed by atoms with Crippen LogP contribution in [0.5, 0.6) is 0 Å². The summed E-state index contributed by atoms with van der Waals surface area (Å²) in [5.74, 6) is -0.166. The maximum absolute atomic E-state index is 12.6. The highest BCUT2D eigenvalue weighted by Gasteiger charge is 2.52. The van der Waals surface area contributed by atoms with Crippen LogP contribution in [0.15, 0.2) is 29.6 Å². The smallest absolute Gasteiger partial charge is 0.238 e. The van der Waals surface area contributed by atoms with Gasteiger partial charge in [0.15, 0.2) is 0 Å². The Kier molecular flexibility index (Phi) is 6.19. The van der Waals surface area contributed by atoms with E-state index in [0.717, 1.165) is 22.7 Å². The number of amides is 1. The van der Waals surface area contributed by atoms with E-state index in [1.165, 1.54) is 10.6 Å². The Morgan fingerprint density at radius 2 is 2.16 bits per heavy atom. The van der Waals surface area contributed by atoms with Gasteiger partial charge in [0.25, 0.3) is 0 Å². The molecule has 168 valence electrons. The third-order valence-electron chi connectivity index (χ3n) is 6.21. The number of β-amino-alcohol motifs (C(OH)–C–C–N with tert-alkyl or cyclic N) is 1. The minimum Gasteiger partial charge on any atom is -0.390 e. The van der Waals surface area contributed by atoms with Crippen LogP contribution >= 0.6 is 11.3 Å². The first kappa shape index (κ1) is 22.3. The number of carbonyl (C=O) groups excluding carboxylic acids is 1. The van der Waals surface area contributed by atoms with Crippen molar-refractivity contribution in [1.29, 1.82) is 0 Å². The molecule has 0 bridgehead atoms. The summed E-state index contributed by atoms with van der Waals surface area (Å²) in [4.78, 5) is 19.0. The Bertz CT molecular complexity index is 1070. The summed E-state index contributed by atoms with van der Waals surface area (Å²) in [5, 5.41) is 16.7. The van der Waals surface area contributed by atoms with Gasteiger partial charge in [-0.3, -0.25) is 9.69 Å². The van der Waals surface area contributed by atoms with E-state index in [9.17, 15) is 18.3 Å². The lowest BCUT2D eigenvalue weighted by Gasteiger charge is -2.47. The summed E-state index contributed by atoms with van der Waals surface area (Å²) >= 11 is 1.58. The van der Waals surface area contributed by atoms with Crippen LogP contribution in [-0.4, -0.2) is 77.7 Å². The molecule has 1 aromatic carbocycles. The molecule has 0 unspecified atom stereocenters. The second-order valence-electron chi connectivity index (χ2n) is 8.42. The molecule has 1 spiro atoms. The monoisotopic (exact) mass is 464 g/mol. The number of aliphatic hydroxyl groups excluding tert-OH is 1. The largest absolute Gasteiger partial charge is 0.390 e. The number of sulfonamides is 1. The van der Waals surface area contributed by atoms with E-state index in [-0.39, 0.29) is 19.0 Å². The SMILES string of the molecule is Cc1nc(-c2cccc(NC(=O)CN3CC[C@@]4(CCCN4S(C)(=O)=O)[C@@H](O)C3)c2)cs1. The average Bonchev–Trinajstić information content (AvgIpc) is 3.32. The molecule has 31 heavy (non-hydrogen) atoms. The molecule has 2 aliphatic heterocycles. The normalized spacial score (nSPS) is 25.2. The Labute approximate surface area is 187 Å². The molecule has 4 rings (SSSR count). The van der Waals surface area contributed by atoms with Crippen molar-refractivity contribution in [2.45, 2.75) is 37.8 Å². The second kappa shape index (κ2) is 8.59. The third kappa shape index (κ3) is 4.68. The van der Waals surface area contributed by atoms with E-state index in [1.54, 1.807) is 11.3 Å². The van der Waals surface area contributed by atoms with Crippen LogP contribution in [0.25, 0.3) is 11.3 Å². The summed E-state index contributed by atoms with van der Waals surface area (Å²) in [6.07, 6.45) is 2.31. The van der Waals surface area contributed by atoms with E-state index >= 15 is 0 Å². The maximum Gasteiger partial charge on any atom is 0.238 e. The van der Waals surface area contributed by atoms with E-state index in [1.807, 2.05) is 41.5 Å². The fourth-order valence-electron chi connectivity index (χ4n) is 4.78. The number of nitrogens with one attached hydrogen (secondary N) is 1. The quantitative estimate of drug-likeness (QED) is 0.701. The molecule has 10 heteroatoms. The highest BCUT2D eigenvalue weighted by atomic mass is 32.2. The zero-order valence-corrected chi connectivity index (χ0v) is 19.4. The summed E-state index contributed by atoms with van der Waals surface area (Å²) in [6.45, 7) is 3.39. The summed E-state index contributed by atoms with van der Waals surface area (Å²) in [5.41, 5.74) is 1.79. The summed E-state index contributed by atoms with van der Waals surface area (Å²) in [7, 11) is -3.38. The minimum absolute atomic E-state index is 0.145. The van der Waals surface area contributed by atoms with E-state index in [0.29, 0.717) is 31.6 Å². The molecule has 0 radical (unpaired) electrons. The van der Waals surface area contributed by atoms with Crippen molar-refractivity contribution < 1.29 is 18.3 Å². The number of rotatable bonds is 5. The number of aryl methyl sites for hydroxylation is 1. The van der Waals surface area contributed by atoms with E-state index in [2.05, 4.69) is 10.3 Å². The van der Waals surface area contributed by atoms with E-state index < -0.39 is 21.7 Å². The molecule has 2 atom stereocenters. The highest BCUT2D eigenvalue weighted by molar-refractivity contribution is 7.88. The number of hydrogen-bond acceptors (Lipinski definition) is 7. The van der Waals surface area contributed by atoms with Crippen molar-refractivity contribution in [2.75, 3.05) is 37.8 Å². The topological polar surface area (TPSA) is 103 Å². The number of hydrogen-bond donors (Lipinski definition) is 2. The number of benzene rings is 1. The van der Waals surface area contributed by atoms with Gasteiger partial charge in [0.05, 0.1) is 35.1 Å². The Hall–Kier alpha value is -1.85. The zero-order chi connectivity index (χ0) is 22.2. The van der Waals surface area contributed by atoms with Gasteiger partial charge in [-0.15, -0.1) is 11.3 Å². The molecule has 1 aromatic heterocycles. The summed E-state index contributed by atoms with van der Waals surface area (Å²) in [6, 6.07) is 7.58. The molecule has 8 nitrogen and oxygen atoms in total. The first-order valence-corrected chi connectivity index (χ1v) is 13.1. The van der Waals surface area contributed by atoms with Gasteiger partial charge < -0.3 is 10.4 Å². The summed E-state index contributed by atoms with van der Waals surface area (Å²) < 4.78 is 25.8. The molecular formula is C21H28N4O4S2. The number of thiazole rings is 1. The number of likely N-dealkylation sites (tertiary alicyclic amines) is 1. The molecule has 2 aliphatic rings. The lowest BCUT2D eigenvalue weighted by atomic mass is 9.83. The molecule has 3 heterocycles. The van der Waals surface area contributed by atoms with Gasteiger partial charge in [-0.25, -0.2) is 13.4 Å². The lowest BCUT2D eigenvalue weighted by molar-refractivity contribution is -0.119. The van der Waals surface area contributed by atoms with Crippen LogP contribution in [0.2, 0.25) is 0 Å². The van der Waals surface area contributed by atoms with Crippen molar-refractivity contribution in [3.63, 3.8) is 0 Å². The number of carbonyl (C=O) groups is 1. The molecule has 0 aliphatic carbocycles. The number of aliphatic hydroxyl groups is 1. The number of anilines is 1. The Morgan fingerprint density at radius 3 is 2.84 bits per heavy atom. The van der Waals surface area contributed by atoms with Gasteiger partial charge in [0.2, 0.25) is 15.9 Å². The highest BCUT2D eigenvalue weighted by Crippen LogP contribution is 2.40. The lowest BCUT2D eigenvalue weighted by Crippen LogP contribution is -2.63. The number of piperidine rings is 1. The second-order valence-corrected chi connectivity index (χ2v) is 11.4. The van der Waals surface area contributed by atoms with Crippen LogP contribution in [0.1, 0.15) is 24.3 Å². The first-order chi connectivity index (χ1) is 14.7.